The summed E-state index contributed by atoms with van der Waals surface area (Å²) in [4.78, 5) is 10.8. The average molecular weight is 180 g/mol. The number of rotatable bonds is 3. The van der Waals surface area contributed by atoms with Gasteiger partial charge < -0.3 is 4.74 Å². The second-order valence-electron chi connectivity index (χ2n) is 3.60. The Bertz CT molecular complexity index is 218. The molecule has 0 heterocycles. The molecule has 0 bridgehead atoms. The lowest BCUT2D eigenvalue weighted by Gasteiger charge is -2.20. The number of hydrogen-bond acceptors (Lipinski definition) is 2. The van der Waals surface area contributed by atoms with E-state index in [4.69, 9.17) is 4.74 Å². The Labute approximate surface area is 79.3 Å². The first-order chi connectivity index (χ1) is 6.22. The molecule has 0 radical (unpaired) electrons. The van der Waals surface area contributed by atoms with E-state index < -0.39 is 0 Å². The molecule has 72 valence electrons. The highest BCUT2D eigenvalue weighted by Gasteiger charge is 2.15. The summed E-state index contributed by atoms with van der Waals surface area (Å²) in [5, 5.41) is 0. The van der Waals surface area contributed by atoms with E-state index in [0.717, 1.165) is 12.8 Å². The highest BCUT2D eigenvalue weighted by Crippen LogP contribution is 2.22. The molecule has 2 atom stereocenters. The maximum Gasteiger partial charge on any atom is 0.330 e. The molecule has 0 spiro atoms. The third-order valence-electron chi connectivity index (χ3n) is 2.26. The molecular formula is C11H16O2. The van der Waals surface area contributed by atoms with Crippen LogP contribution in [0.1, 0.15) is 19.8 Å². The van der Waals surface area contributed by atoms with Gasteiger partial charge in [0.05, 0.1) is 6.61 Å². The van der Waals surface area contributed by atoms with Crippen molar-refractivity contribution in [2.75, 3.05) is 6.61 Å². The summed E-state index contributed by atoms with van der Waals surface area (Å²) >= 11 is 0. The fraction of sp³-hybridized carbons (Fsp3) is 0.545. The molecule has 1 rings (SSSR count). The van der Waals surface area contributed by atoms with Crippen LogP contribution in [0.3, 0.4) is 0 Å². The van der Waals surface area contributed by atoms with E-state index in [1.807, 2.05) is 0 Å². The largest absolute Gasteiger partial charge is 0.462 e. The molecule has 0 fully saturated rings. The van der Waals surface area contributed by atoms with Crippen molar-refractivity contribution in [3.05, 3.63) is 24.8 Å². The van der Waals surface area contributed by atoms with Crippen LogP contribution in [0, 0.1) is 11.8 Å². The smallest absolute Gasteiger partial charge is 0.330 e. The van der Waals surface area contributed by atoms with Gasteiger partial charge in [0.25, 0.3) is 0 Å². The van der Waals surface area contributed by atoms with Crippen molar-refractivity contribution in [3.8, 4) is 0 Å². The van der Waals surface area contributed by atoms with Gasteiger partial charge in [0.1, 0.15) is 0 Å². The third kappa shape index (κ3) is 3.45. The lowest BCUT2D eigenvalue weighted by atomic mass is 9.88. The van der Waals surface area contributed by atoms with Gasteiger partial charge in [-0.3, -0.25) is 0 Å². The maximum absolute atomic E-state index is 10.8. The van der Waals surface area contributed by atoms with Gasteiger partial charge in [0, 0.05) is 12.0 Å². The lowest BCUT2D eigenvalue weighted by molar-refractivity contribution is -0.138. The minimum atomic E-state index is -0.327. The highest BCUT2D eigenvalue weighted by atomic mass is 16.5. The van der Waals surface area contributed by atoms with Crippen LogP contribution in [-0.4, -0.2) is 12.6 Å². The van der Waals surface area contributed by atoms with Gasteiger partial charge in [-0.2, -0.15) is 0 Å². The molecule has 1 aliphatic rings. The molecule has 2 unspecified atom stereocenters. The standard InChI is InChI=1S/C11H16O2/c1-3-11(12)13-8-10-6-4-5-9(2)7-10/h3-4,6,9-10H,1,5,7-8H2,2H3. The molecule has 0 aromatic heterocycles. The van der Waals surface area contributed by atoms with Crippen molar-refractivity contribution in [2.45, 2.75) is 19.8 Å². The van der Waals surface area contributed by atoms with Gasteiger partial charge in [0.2, 0.25) is 0 Å². The molecule has 0 aliphatic heterocycles. The predicted molar refractivity (Wildman–Crippen MR) is 52.2 cm³/mol. The minimum Gasteiger partial charge on any atom is -0.462 e. The third-order valence-corrected chi connectivity index (χ3v) is 2.26. The molecule has 0 saturated heterocycles. The monoisotopic (exact) mass is 180 g/mol. The summed E-state index contributed by atoms with van der Waals surface area (Å²) < 4.78 is 4.97. The molecular weight excluding hydrogens is 164 g/mol. The number of carbonyl (C=O) groups is 1. The van der Waals surface area contributed by atoms with Gasteiger partial charge in [-0.05, 0) is 18.8 Å². The van der Waals surface area contributed by atoms with E-state index in [1.165, 1.54) is 6.08 Å². The number of allylic oxidation sites excluding steroid dienone is 1. The number of esters is 1. The van der Waals surface area contributed by atoms with Crippen LogP contribution in [0.25, 0.3) is 0 Å². The molecule has 2 nitrogen and oxygen atoms in total. The predicted octanol–water partition coefficient (Wildman–Crippen LogP) is 2.32. The zero-order chi connectivity index (χ0) is 9.68. The van der Waals surface area contributed by atoms with Crippen molar-refractivity contribution in [3.63, 3.8) is 0 Å². The van der Waals surface area contributed by atoms with Crippen LogP contribution >= 0.6 is 0 Å². The normalized spacial score (nSPS) is 26.8. The topological polar surface area (TPSA) is 26.3 Å². The summed E-state index contributed by atoms with van der Waals surface area (Å²) in [6, 6.07) is 0. The molecule has 2 heteroatoms. The Hall–Kier alpha value is -1.05. The van der Waals surface area contributed by atoms with Gasteiger partial charge in [-0.1, -0.05) is 25.7 Å². The maximum atomic E-state index is 10.8. The van der Waals surface area contributed by atoms with Crippen LogP contribution in [0.4, 0.5) is 0 Å². The number of hydrogen-bond donors (Lipinski definition) is 0. The molecule has 13 heavy (non-hydrogen) atoms. The van der Waals surface area contributed by atoms with Gasteiger partial charge >= 0.3 is 5.97 Å². The summed E-state index contributed by atoms with van der Waals surface area (Å²) in [6.07, 6.45) is 7.76. The van der Waals surface area contributed by atoms with E-state index >= 15 is 0 Å². The zero-order valence-corrected chi connectivity index (χ0v) is 8.03. The summed E-state index contributed by atoms with van der Waals surface area (Å²) in [6.45, 7) is 6.05. The van der Waals surface area contributed by atoms with Crippen LogP contribution in [0.5, 0.6) is 0 Å². The van der Waals surface area contributed by atoms with Crippen molar-refractivity contribution in [1.82, 2.24) is 0 Å². The number of ether oxygens (including phenoxy) is 1. The Morgan fingerprint density at radius 3 is 3.15 bits per heavy atom. The van der Waals surface area contributed by atoms with Gasteiger partial charge in [-0.15, -0.1) is 0 Å². The first-order valence-electron chi connectivity index (χ1n) is 4.68. The fourth-order valence-electron chi connectivity index (χ4n) is 1.57. The van der Waals surface area contributed by atoms with E-state index in [2.05, 4.69) is 25.7 Å². The molecule has 0 saturated carbocycles. The second-order valence-corrected chi connectivity index (χ2v) is 3.60. The number of carbonyl (C=O) groups excluding carboxylic acids is 1. The SMILES string of the molecule is C=CC(=O)OCC1C=CCC(C)C1. The summed E-state index contributed by atoms with van der Waals surface area (Å²) in [7, 11) is 0. The van der Waals surface area contributed by atoms with Crippen molar-refractivity contribution in [2.24, 2.45) is 11.8 Å². The Kier molecular flexibility index (Phi) is 3.74. The van der Waals surface area contributed by atoms with E-state index in [-0.39, 0.29) is 5.97 Å². The molecule has 0 amide bonds. The lowest BCUT2D eigenvalue weighted by Crippen LogP contribution is -2.16. The second kappa shape index (κ2) is 4.85. The molecule has 0 aromatic carbocycles. The highest BCUT2D eigenvalue weighted by molar-refractivity contribution is 5.81. The first kappa shape index (κ1) is 10.0. The van der Waals surface area contributed by atoms with Crippen molar-refractivity contribution in [1.29, 1.82) is 0 Å². The Morgan fingerprint density at radius 1 is 1.77 bits per heavy atom. The summed E-state index contributed by atoms with van der Waals surface area (Å²) in [5.41, 5.74) is 0. The van der Waals surface area contributed by atoms with Crippen molar-refractivity contribution >= 4 is 5.97 Å². The zero-order valence-electron chi connectivity index (χ0n) is 8.03. The van der Waals surface area contributed by atoms with Crippen LogP contribution in [-0.2, 0) is 9.53 Å². The summed E-state index contributed by atoms with van der Waals surface area (Å²) in [5.74, 6) is 0.775. The van der Waals surface area contributed by atoms with Gasteiger partial charge in [0.15, 0.2) is 0 Å². The first-order valence-corrected chi connectivity index (χ1v) is 4.68. The van der Waals surface area contributed by atoms with Crippen molar-refractivity contribution < 1.29 is 9.53 Å². The van der Waals surface area contributed by atoms with Crippen LogP contribution in [0.2, 0.25) is 0 Å². The van der Waals surface area contributed by atoms with E-state index in [0.29, 0.717) is 18.4 Å². The Balaban J connectivity index is 2.29. The molecule has 0 aromatic rings. The van der Waals surface area contributed by atoms with Crippen LogP contribution < -0.4 is 0 Å². The van der Waals surface area contributed by atoms with Gasteiger partial charge in [-0.25, -0.2) is 4.79 Å². The quantitative estimate of drug-likeness (QED) is 0.378. The fourth-order valence-corrected chi connectivity index (χ4v) is 1.57. The van der Waals surface area contributed by atoms with E-state index in [9.17, 15) is 4.79 Å². The minimum absolute atomic E-state index is 0.327. The Morgan fingerprint density at radius 2 is 2.54 bits per heavy atom. The molecule has 1 aliphatic carbocycles. The average Bonchev–Trinajstić information content (AvgIpc) is 2.14. The van der Waals surface area contributed by atoms with Crippen LogP contribution in [0.15, 0.2) is 24.8 Å². The molecule has 0 N–H and O–H groups in total. The van der Waals surface area contributed by atoms with E-state index in [1.54, 1.807) is 0 Å².